The molecule has 1 fully saturated rings. The molecular weight excluding hydrogens is 314 g/mol. The summed E-state index contributed by atoms with van der Waals surface area (Å²) in [6.07, 6.45) is 1.43. The number of Topliss-reactive ketones (excluding diaryl/α,β-unsaturated/α-hetero) is 1. The van der Waals surface area contributed by atoms with E-state index in [2.05, 4.69) is 0 Å². The van der Waals surface area contributed by atoms with Crippen molar-refractivity contribution in [2.24, 2.45) is 5.92 Å². The number of esters is 1. The van der Waals surface area contributed by atoms with Crippen LogP contribution in [0.25, 0.3) is 0 Å². The molecule has 2 aliphatic heterocycles. The van der Waals surface area contributed by atoms with E-state index in [0.717, 1.165) is 6.42 Å². The lowest BCUT2D eigenvalue weighted by Crippen LogP contribution is -2.42. The smallest absolute Gasteiger partial charge is 0.311 e. The summed E-state index contributed by atoms with van der Waals surface area (Å²) in [4.78, 5) is 37.3. The minimum Gasteiger partial charge on any atom is -0.457 e. The van der Waals surface area contributed by atoms with Crippen LogP contribution in [0.4, 0.5) is 0 Å². The molecule has 2 heterocycles. The van der Waals surface area contributed by atoms with Crippen molar-refractivity contribution < 1.29 is 28.6 Å². The number of fused-ring (bicyclic) bond motifs is 1. The molecule has 1 amide bonds. The van der Waals surface area contributed by atoms with Gasteiger partial charge in [-0.25, -0.2) is 0 Å². The van der Waals surface area contributed by atoms with Crippen molar-refractivity contribution in [2.45, 2.75) is 19.8 Å². The SMILES string of the molecule is CC(=O)N1CCC[C@@H](C(=O)OCC(=O)c2ccc3c(c2)OCO3)C1. The zero-order chi connectivity index (χ0) is 17.1. The van der Waals surface area contributed by atoms with Crippen LogP contribution in [-0.4, -0.2) is 49.0 Å². The summed E-state index contributed by atoms with van der Waals surface area (Å²) in [5.41, 5.74) is 0.404. The molecule has 0 spiro atoms. The molecule has 1 atom stereocenters. The van der Waals surface area contributed by atoms with Crippen molar-refractivity contribution >= 4 is 17.7 Å². The Bertz CT molecular complexity index is 671. The number of rotatable bonds is 4. The van der Waals surface area contributed by atoms with E-state index >= 15 is 0 Å². The van der Waals surface area contributed by atoms with Crippen LogP contribution in [0, 0.1) is 5.92 Å². The molecule has 3 rings (SSSR count). The van der Waals surface area contributed by atoms with E-state index in [4.69, 9.17) is 14.2 Å². The molecule has 0 radical (unpaired) electrons. The van der Waals surface area contributed by atoms with Gasteiger partial charge >= 0.3 is 5.97 Å². The average molecular weight is 333 g/mol. The summed E-state index contributed by atoms with van der Waals surface area (Å²) in [7, 11) is 0. The van der Waals surface area contributed by atoms with E-state index < -0.39 is 5.97 Å². The second kappa shape index (κ2) is 6.90. The van der Waals surface area contributed by atoms with Crippen molar-refractivity contribution in [2.75, 3.05) is 26.5 Å². The van der Waals surface area contributed by atoms with Gasteiger partial charge < -0.3 is 19.1 Å². The number of hydrogen-bond donors (Lipinski definition) is 0. The van der Waals surface area contributed by atoms with Gasteiger partial charge in [0.2, 0.25) is 12.7 Å². The number of carbonyl (C=O) groups is 3. The minimum absolute atomic E-state index is 0.0519. The van der Waals surface area contributed by atoms with Gasteiger partial charge in [0.1, 0.15) is 0 Å². The Morgan fingerprint density at radius 1 is 1.25 bits per heavy atom. The maximum absolute atomic E-state index is 12.2. The van der Waals surface area contributed by atoms with Gasteiger partial charge in [-0.3, -0.25) is 14.4 Å². The number of ketones is 1. The van der Waals surface area contributed by atoms with Crippen molar-refractivity contribution in [3.63, 3.8) is 0 Å². The number of nitrogens with zero attached hydrogens (tertiary/aromatic N) is 1. The van der Waals surface area contributed by atoms with E-state index in [1.54, 1.807) is 23.1 Å². The molecule has 1 saturated heterocycles. The Morgan fingerprint density at radius 3 is 2.83 bits per heavy atom. The predicted octanol–water partition coefficient (Wildman–Crippen LogP) is 1.40. The highest BCUT2D eigenvalue weighted by Gasteiger charge is 2.28. The molecule has 0 aliphatic carbocycles. The van der Waals surface area contributed by atoms with Gasteiger partial charge in [-0.2, -0.15) is 0 Å². The van der Waals surface area contributed by atoms with Gasteiger partial charge in [0.05, 0.1) is 5.92 Å². The third kappa shape index (κ3) is 3.50. The molecule has 128 valence electrons. The number of hydrogen-bond acceptors (Lipinski definition) is 6. The normalized spacial score (nSPS) is 19.0. The largest absolute Gasteiger partial charge is 0.457 e. The summed E-state index contributed by atoms with van der Waals surface area (Å²) in [5, 5.41) is 0. The molecule has 0 bridgehead atoms. The molecule has 24 heavy (non-hydrogen) atoms. The van der Waals surface area contributed by atoms with E-state index in [9.17, 15) is 14.4 Å². The van der Waals surface area contributed by atoms with Crippen LogP contribution in [-0.2, 0) is 14.3 Å². The summed E-state index contributed by atoms with van der Waals surface area (Å²) in [6, 6.07) is 4.85. The fourth-order valence-electron chi connectivity index (χ4n) is 2.86. The third-order valence-electron chi connectivity index (χ3n) is 4.24. The monoisotopic (exact) mass is 333 g/mol. The summed E-state index contributed by atoms with van der Waals surface area (Å²) in [6.45, 7) is 2.31. The van der Waals surface area contributed by atoms with Crippen molar-refractivity contribution in [3.05, 3.63) is 23.8 Å². The maximum atomic E-state index is 12.2. The minimum atomic E-state index is -0.435. The zero-order valence-corrected chi connectivity index (χ0v) is 13.4. The Balaban J connectivity index is 1.54. The van der Waals surface area contributed by atoms with Gasteiger partial charge in [0, 0.05) is 25.6 Å². The molecule has 7 heteroatoms. The van der Waals surface area contributed by atoms with Gasteiger partial charge in [0.25, 0.3) is 0 Å². The van der Waals surface area contributed by atoms with Crippen molar-refractivity contribution in [3.8, 4) is 11.5 Å². The Morgan fingerprint density at radius 2 is 2.04 bits per heavy atom. The molecule has 1 aromatic carbocycles. The number of carbonyl (C=O) groups excluding carboxylic acids is 3. The fraction of sp³-hybridized carbons (Fsp3) is 0.471. The van der Waals surface area contributed by atoms with Gasteiger partial charge in [-0.1, -0.05) is 0 Å². The van der Waals surface area contributed by atoms with Crippen LogP contribution in [0.2, 0.25) is 0 Å². The van der Waals surface area contributed by atoms with Gasteiger partial charge in [-0.05, 0) is 31.0 Å². The van der Waals surface area contributed by atoms with Crippen LogP contribution in [0.3, 0.4) is 0 Å². The highest BCUT2D eigenvalue weighted by molar-refractivity contribution is 5.98. The Labute approximate surface area is 139 Å². The molecule has 0 unspecified atom stereocenters. The molecule has 0 saturated carbocycles. The molecular formula is C17H19NO6. The first kappa shape index (κ1) is 16.3. The first-order valence-electron chi connectivity index (χ1n) is 7.89. The Kier molecular flexibility index (Phi) is 4.69. The molecule has 0 aromatic heterocycles. The first-order chi connectivity index (χ1) is 11.5. The number of ether oxygens (including phenoxy) is 3. The predicted molar refractivity (Wildman–Crippen MR) is 82.8 cm³/mol. The standard InChI is InChI=1S/C17H19NO6/c1-11(19)18-6-2-3-13(8-18)17(21)22-9-14(20)12-4-5-15-16(7-12)24-10-23-15/h4-5,7,13H,2-3,6,8-10H2,1H3/t13-/m1/s1. The quantitative estimate of drug-likeness (QED) is 0.612. The molecule has 0 N–H and O–H groups in total. The highest BCUT2D eigenvalue weighted by Crippen LogP contribution is 2.32. The lowest BCUT2D eigenvalue weighted by atomic mass is 9.98. The number of piperidine rings is 1. The maximum Gasteiger partial charge on any atom is 0.311 e. The summed E-state index contributed by atoms with van der Waals surface area (Å²) < 4.78 is 15.6. The molecule has 7 nitrogen and oxygen atoms in total. The summed E-state index contributed by atoms with van der Waals surface area (Å²) >= 11 is 0. The highest BCUT2D eigenvalue weighted by atomic mass is 16.7. The van der Waals surface area contributed by atoms with Crippen LogP contribution < -0.4 is 9.47 Å². The number of benzene rings is 1. The first-order valence-corrected chi connectivity index (χ1v) is 7.89. The van der Waals surface area contributed by atoms with Gasteiger partial charge in [0.15, 0.2) is 23.9 Å². The fourth-order valence-corrected chi connectivity index (χ4v) is 2.86. The van der Waals surface area contributed by atoms with Crippen LogP contribution >= 0.6 is 0 Å². The van der Waals surface area contributed by atoms with E-state index in [1.807, 2.05) is 0 Å². The zero-order valence-electron chi connectivity index (χ0n) is 13.4. The second-order valence-electron chi connectivity index (χ2n) is 5.90. The number of likely N-dealkylation sites (tertiary alicyclic amines) is 1. The average Bonchev–Trinajstić information content (AvgIpc) is 3.07. The van der Waals surface area contributed by atoms with E-state index in [1.165, 1.54) is 6.92 Å². The van der Waals surface area contributed by atoms with Crippen molar-refractivity contribution in [1.82, 2.24) is 4.90 Å². The lowest BCUT2D eigenvalue weighted by molar-refractivity contribution is -0.150. The van der Waals surface area contributed by atoms with Crippen LogP contribution in [0.15, 0.2) is 18.2 Å². The molecule has 2 aliphatic rings. The summed E-state index contributed by atoms with van der Waals surface area (Å²) in [5.74, 6) is -0.0568. The van der Waals surface area contributed by atoms with E-state index in [-0.39, 0.29) is 31.0 Å². The molecule has 1 aromatic rings. The topological polar surface area (TPSA) is 82.1 Å². The van der Waals surface area contributed by atoms with Gasteiger partial charge in [-0.15, -0.1) is 0 Å². The van der Waals surface area contributed by atoms with Crippen LogP contribution in [0.1, 0.15) is 30.1 Å². The van der Waals surface area contributed by atoms with Crippen molar-refractivity contribution in [1.29, 1.82) is 0 Å². The number of amides is 1. The lowest BCUT2D eigenvalue weighted by Gasteiger charge is -2.30. The van der Waals surface area contributed by atoms with E-state index in [0.29, 0.717) is 36.6 Å². The van der Waals surface area contributed by atoms with Crippen LogP contribution in [0.5, 0.6) is 11.5 Å². The Hall–Kier alpha value is -2.57. The third-order valence-corrected chi connectivity index (χ3v) is 4.24. The second-order valence-corrected chi connectivity index (χ2v) is 5.90.